The summed E-state index contributed by atoms with van der Waals surface area (Å²) in [5.41, 5.74) is 2.17. The highest BCUT2D eigenvalue weighted by atomic mass is 16.7. The van der Waals surface area contributed by atoms with Crippen LogP contribution in [0.2, 0.25) is 0 Å². The van der Waals surface area contributed by atoms with Gasteiger partial charge in [-0.25, -0.2) is 0 Å². The summed E-state index contributed by atoms with van der Waals surface area (Å²) in [7, 11) is 3.98. The molecule has 0 spiro atoms. The quantitative estimate of drug-likeness (QED) is 0.842. The molecule has 1 aliphatic heterocycles. The Morgan fingerprint density at radius 1 is 1.08 bits per heavy atom. The average molecular weight is 340 g/mol. The van der Waals surface area contributed by atoms with E-state index in [1.165, 1.54) is 0 Å². The standard InChI is InChI=1S/C20H24N2O3/c1-22(2)11-10-21-20(23)13-17(15-6-4-3-5-7-15)16-8-9-18-19(12-16)25-14-24-18/h3-9,12,17H,10-11,13-14H2,1-2H3,(H,21,23). The van der Waals surface area contributed by atoms with Crippen LogP contribution in [0.4, 0.5) is 0 Å². The van der Waals surface area contributed by atoms with Crippen LogP contribution in [0.3, 0.4) is 0 Å². The maximum absolute atomic E-state index is 12.4. The monoisotopic (exact) mass is 340 g/mol. The number of ether oxygens (including phenoxy) is 2. The number of nitrogens with one attached hydrogen (secondary N) is 1. The predicted octanol–water partition coefficient (Wildman–Crippen LogP) is 2.62. The van der Waals surface area contributed by atoms with Crippen molar-refractivity contribution in [3.8, 4) is 11.5 Å². The predicted molar refractivity (Wildman–Crippen MR) is 97.0 cm³/mol. The molecule has 1 amide bonds. The van der Waals surface area contributed by atoms with Crippen LogP contribution < -0.4 is 14.8 Å². The second-order valence-electron chi connectivity index (χ2n) is 6.43. The fourth-order valence-corrected chi connectivity index (χ4v) is 2.92. The SMILES string of the molecule is CN(C)CCNC(=O)CC(c1ccccc1)c1ccc2c(c1)OCO2. The number of likely N-dealkylation sites (N-methyl/N-ethyl adjacent to an activating group) is 1. The van der Waals surface area contributed by atoms with Gasteiger partial charge in [0.05, 0.1) is 0 Å². The summed E-state index contributed by atoms with van der Waals surface area (Å²) in [6.45, 7) is 1.72. The third kappa shape index (κ3) is 4.51. The van der Waals surface area contributed by atoms with E-state index < -0.39 is 0 Å². The molecule has 0 aromatic heterocycles. The molecule has 2 aromatic carbocycles. The first kappa shape index (κ1) is 17.3. The minimum atomic E-state index is -0.0185. The number of benzene rings is 2. The fourth-order valence-electron chi connectivity index (χ4n) is 2.92. The van der Waals surface area contributed by atoms with Gasteiger partial charge in [0, 0.05) is 25.4 Å². The van der Waals surface area contributed by atoms with Gasteiger partial charge in [0.25, 0.3) is 0 Å². The number of amides is 1. The van der Waals surface area contributed by atoms with E-state index >= 15 is 0 Å². The van der Waals surface area contributed by atoms with Crippen LogP contribution >= 0.6 is 0 Å². The molecule has 0 saturated heterocycles. The number of nitrogens with zero attached hydrogens (tertiary/aromatic N) is 1. The molecule has 5 nitrogen and oxygen atoms in total. The van der Waals surface area contributed by atoms with Gasteiger partial charge in [-0.15, -0.1) is 0 Å². The molecule has 5 heteroatoms. The van der Waals surface area contributed by atoms with E-state index in [4.69, 9.17) is 9.47 Å². The van der Waals surface area contributed by atoms with Crippen LogP contribution in [0.25, 0.3) is 0 Å². The Bertz CT molecular complexity index is 716. The zero-order chi connectivity index (χ0) is 17.6. The first-order valence-corrected chi connectivity index (χ1v) is 8.49. The van der Waals surface area contributed by atoms with Crippen LogP contribution in [-0.2, 0) is 4.79 Å². The third-order valence-electron chi connectivity index (χ3n) is 4.27. The van der Waals surface area contributed by atoms with Crippen molar-refractivity contribution in [2.75, 3.05) is 34.0 Å². The van der Waals surface area contributed by atoms with E-state index in [0.717, 1.165) is 29.2 Å². The van der Waals surface area contributed by atoms with Crippen molar-refractivity contribution < 1.29 is 14.3 Å². The first-order valence-electron chi connectivity index (χ1n) is 8.49. The van der Waals surface area contributed by atoms with Crippen LogP contribution in [0.15, 0.2) is 48.5 Å². The molecular formula is C20H24N2O3. The Hall–Kier alpha value is -2.53. The van der Waals surface area contributed by atoms with Crippen molar-refractivity contribution in [2.24, 2.45) is 0 Å². The minimum Gasteiger partial charge on any atom is -0.454 e. The molecule has 132 valence electrons. The molecule has 0 aliphatic carbocycles. The average Bonchev–Trinajstić information content (AvgIpc) is 3.08. The molecule has 0 fully saturated rings. The van der Waals surface area contributed by atoms with Crippen LogP contribution in [0.1, 0.15) is 23.5 Å². The lowest BCUT2D eigenvalue weighted by Crippen LogP contribution is -2.32. The zero-order valence-corrected chi connectivity index (χ0v) is 14.7. The molecule has 1 N–H and O–H groups in total. The third-order valence-corrected chi connectivity index (χ3v) is 4.27. The molecule has 0 bridgehead atoms. The summed E-state index contributed by atoms with van der Waals surface area (Å²) in [5.74, 6) is 1.53. The topological polar surface area (TPSA) is 50.8 Å². The molecule has 1 heterocycles. The molecule has 1 atom stereocenters. The lowest BCUT2D eigenvalue weighted by Gasteiger charge is -2.19. The summed E-state index contributed by atoms with van der Waals surface area (Å²) in [4.78, 5) is 14.5. The van der Waals surface area contributed by atoms with Gasteiger partial charge in [-0.2, -0.15) is 0 Å². The summed E-state index contributed by atoms with van der Waals surface area (Å²) in [5, 5.41) is 3.00. The number of rotatable bonds is 7. The van der Waals surface area contributed by atoms with Crippen molar-refractivity contribution in [1.82, 2.24) is 10.2 Å². The zero-order valence-electron chi connectivity index (χ0n) is 14.7. The molecule has 0 radical (unpaired) electrons. The highest BCUT2D eigenvalue weighted by molar-refractivity contribution is 5.77. The molecule has 2 aromatic rings. The largest absolute Gasteiger partial charge is 0.454 e. The maximum atomic E-state index is 12.4. The Kier molecular flexibility index (Phi) is 5.56. The number of carbonyl (C=O) groups is 1. The minimum absolute atomic E-state index is 0.0185. The molecule has 3 rings (SSSR count). The van der Waals surface area contributed by atoms with Gasteiger partial charge in [-0.3, -0.25) is 4.79 Å². The van der Waals surface area contributed by atoms with Gasteiger partial charge in [0.2, 0.25) is 12.7 Å². The summed E-state index contributed by atoms with van der Waals surface area (Å²) >= 11 is 0. The number of carbonyl (C=O) groups excluding carboxylic acids is 1. The smallest absolute Gasteiger partial charge is 0.231 e. The van der Waals surface area contributed by atoms with E-state index in [1.54, 1.807) is 0 Å². The summed E-state index contributed by atoms with van der Waals surface area (Å²) < 4.78 is 10.9. The highest BCUT2D eigenvalue weighted by Crippen LogP contribution is 2.37. The van der Waals surface area contributed by atoms with Gasteiger partial charge < -0.3 is 19.7 Å². The van der Waals surface area contributed by atoms with Gasteiger partial charge in [-0.1, -0.05) is 36.4 Å². The van der Waals surface area contributed by atoms with E-state index in [1.807, 2.05) is 55.4 Å². The molecule has 1 aliphatic rings. The Morgan fingerprint density at radius 3 is 2.60 bits per heavy atom. The summed E-state index contributed by atoms with van der Waals surface area (Å²) in [6.07, 6.45) is 0.400. The van der Waals surface area contributed by atoms with Gasteiger partial charge >= 0.3 is 0 Å². The van der Waals surface area contributed by atoms with Crippen molar-refractivity contribution >= 4 is 5.91 Å². The second kappa shape index (κ2) is 8.03. The van der Waals surface area contributed by atoms with E-state index in [0.29, 0.717) is 13.0 Å². The van der Waals surface area contributed by atoms with Gasteiger partial charge in [-0.05, 0) is 37.4 Å². The number of fused-ring (bicyclic) bond motifs is 1. The van der Waals surface area contributed by atoms with E-state index in [9.17, 15) is 4.79 Å². The van der Waals surface area contributed by atoms with Crippen LogP contribution in [0, 0.1) is 0 Å². The fraction of sp³-hybridized carbons (Fsp3) is 0.350. The maximum Gasteiger partial charge on any atom is 0.231 e. The number of hydrogen-bond acceptors (Lipinski definition) is 4. The van der Waals surface area contributed by atoms with Crippen molar-refractivity contribution in [1.29, 1.82) is 0 Å². The lowest BCUT2D eigenvalue weighted by molar-refractivity contribution is -0.121. The first-order chi connectivity index (χ1) is 12.1. The molecule has 25 heavy (non-hydrogen) atoms. The van der Waals surface area contributed by atoms with Gasteiger partial charge in [0.1, 0.15) is 0 Å². The van der Waals surface area contributed by atoms with Crippen molar-refractivity contribution in [2.45, 2.75) is 12.3 Å². The highest BCUT2D eigenvalue weighted by Gasteiger charge is 2.21. The van der Waals surface area contributed by atoms with E-state index in [-0.39, 0.29) is 18.6 Å². The Balaban J connectivity index is 1.78. The second-order valence-corrected chi connectivity index (χ2v) is 6.43. The van der Waals surface area contributed by atoms with Crippen molar-refractivity contribution in [3.63, 3.8) is 0 Å². The number of hydrogen-bond donors (Lipinski definition) is 1. The summed E-state index contributed by atoms with van der Waals surface area (Å²) in [6, 6.07) is 16.0. The Labute approximate surface area is 148 Å². The molecular weight excluding hydrogens is 316 g/mol. The normalized spacial score (nSPS) is 13.7. The van der Waals surface area contributed by atoms with Crippen LogP contribution in [-0.4, -0.2) is 44.8 Å². The van der Waals surface area contributed by atoms with Crippen molar-refractivity contribution in [3.05, 3.63) is 59.7 Å². The molecule has 1 unspecified atom stereocenters. The van der Waals surface area contributed by atoms with E-state index in [2.05, 4.69) is 17.4 Å². The Morgan fingerprint density at radius 2 is 1.84 bits per heavy atom. The lowest BCUT2D eigenvalue weighted by atomic mass is 9.88. The molecule has 0 saturated carbocycles. The van der Waals surface area contributed by atoms with Gasteiger partial charge in [0.15, 0.2) is 11.5 Å². The van der Waals surface area contributed by atoms with Crippen LogP contribution in [0.5, 0.6) is 11.5 Å².